The molecule has 2 rings (SSSR count). The van der Waals surface area contributed by atoms with Crippen molar-refractivity contribution in [3.63, 3.8) is 0 Å². The van der Waals surface area contributed by atoms with Crippen LogP contribution in [0.25, 0.3) is 0 Å². The van der Waals surface area contributed by atoms with E-state index >= 15 is 0 Å². The Morgan fingerprint density at radius 3 is 2.59 bits per heavy atom. The monoisotopic (exact) mass is 296 g/mol. The minimum atomic E-state index is -0.645. The molecule has 6 nitrogen and oxygen atoms in total. The molecule has 0 saturated heterocycles. The molecule has 0 spiro atoms. The summed E-state index contributed by atoms with van der Waals surface area (Å²) in [6.07, 6.45) is 1.09. The SMILES string of the molecule is CCO[C@@H]1NC(N=Cc2ccc(OC)cc2)=C(C#N)[C@H]1C#N. The van der Waals surface area contributed by atoms with Gasteiger partial charge < -0.3 is 14.8 Å². The lowest BCUT2D eigenvalue weighted by atomic mass is 10.0. The topological polar surface area (TPSA) is 90.4 Å². The van der Waals surface area contributed by atoms with E-state index in [0.29, 0.717) is 18.0 Å². The minimum absolute atomic E-state index is 0.297. The summed E-state index contributed by atoms with van der Waals surface area (Å²) in [6.45, 7) is 2.28. The van der Waals surface area contributed by atoms with Gasteiger partial charge in [0, 0.05) is 12.8 Å². The maximum atomic E-state index is 9.24. The summed E-state index contributed by atoms with van der Waals surface area (Å²) in [7, 11) is 1.60. The Morgan fingerprint density at radius 1 is 1.32 bits per heavy atom. The molecule has 22 heavy (non-hydrogen) atoms. The van der Waals surface area contributed by atoms with Crippen molar-refractivity contribution in [2.24, 2.45) is 10.9 Å². The van der Waals surface area contributed by atoms with Crippen LogP contribution in [0.15, 0.2) is 40.7 Å². The van der Waals surface area contributed by atoms with E-state index < -0.39 is 12.1 Å². The molecule has 1 aromatic rings. The average Bonchev–Trinajstić information content (AvgIpc) is 2.90. The molecule has 1 aliphatic rings. The zero-order valence-corrected chi connectivity index (χ0v) is 12.4. The summed E-state index contributed by atoms with van der Waals surface area (Å²) in [5.41, 5.74) is 1.16. The zero-order chi connectivity index (χ0) is 15.9. The predicted molar refractivity (Wildman–Crippen MR) is 80.9 cm³/mol. The number of nitrogens with zero attached hydrogens (tertiary/aromatic N) is 3. The molecule has 1 aromatic carbocycles. The summed E-state index contributed by atoms with van der Waals surface area (Å²) in [6, 6.07) is 11.5. The molecule has 2 atom stereocenters. The third-order valence-corrected chi connectivity index (χ3v) is 3.21. The van der Waals surface area contributed by atoms with Crippen molar-refractivity contribution in [1.29, 1.82) is 10.5 Å². The second kappa shape index (κ2) is 7.26. The summed E-state index contributed by atoms with van der Waals surface area (Å²) in [4.78, 5) is 4.28. The third kappa shape index (κ3) is 3.25. The largest absolute Gasteiger partial charge is 0.497 e. The van der Waals surface area contributed by atoms with Crippen LogP contribution >= 0.6 is 0 Å². The molecule has 0 saturated carbocycles. The van der Waals surface area contributed by atoms with Crippen molar-refractivity contribution in [2.75, 3.05) is 13.7 Å². The predicted octanol–water partition coefficient (Wildman–Crippen LogP) is 1.95. The number of hydrogen-bond donors (Lipinski definition) is 1. The summed E-state index contributed by atoms with van der Waals surface area (Å²) >= 11 is 0. The molecule has 1 N–H and O–H groups in total. The van der Waals surface area contributed by atoms with Crippen molar-refractivity contribution < 1.29 is 9.47 Å². The van der Waals surface area contributed by atoms with Gasteiger partial charge in [-0.15, -0.1) is 0 Å². The van der Waals surface area contributed by atoms with Gasteiger partial charge in [-0.05, 0) is 36.8 Å². The van der Waals surface area contributed by atoms with Gasteiger partial charge in [0.2, 0.25) is 0 Å². The maximum absolute atomic E-state index is 9.24. The molecule has 0 fully saturated rings. The van der Waals surface area contributed by atoms with Gasteiger partial charge in [-0.1, -0.05) is 0 Å². The number of nitrogens with one attached hydrogen (secondary N) is 1. The molecule has 6 heteroatoms. The quantitative estimate of drug-likeness (QED) is 0.839. The Labute approximate surface area is 129 Å². The Balaban J connectivity index is 2.21. The normalized spacial score (nSPS) is 20.5. The Kier molecular flexibility index (Phi) is 5.13. The van der Waals surface area contributed by atoms with Crippen molar-refractivity contribution in [3.05, 3.63) is 41.2 Å². The lowest BCUT2D eigenvalue weighted by Gasteiger charge is -2.14. The lowest BCUT2D eigenvalue weighted by molar-refractivity contribution is 0.0375. The first-order valence-electron chi connectivity index (χ1n) is 6.83. The molecular weight excluding hydrogens is 280 g/mol. The second-order valence-corrected chi connectivity index (χ2v) is 4.53. The van der Waals surface area contributed by atoms with Crippen molar-refractivity contribution in [1.82, 2.24) is 5.32 Å². The van der Waals surface area contributed by atoms with Crippen molar-refractivity contribution in [3.8, 4) is 17.9 Å². The first-order valence-corrected chi connectivity index (χ1v) is 6.83. The smallest absolute Gasteiger partial charge is 0.149 e. The van der Waals surface area contributed by atoms with Crippen LogP contribution in [-0.4, -0.2) is 26.2 Å². The second-order valence-electron chi connectivity index (χ2n) is 4.53. The molecule has 1 aliphatic heterocycles. The van der Waals surface area contributed by atoms with E-state index in [1.165, 1.54) is 0 Å². The van der Waals surface area contributed by atoms with Gasteiger partial charge in [-0.2, -0.15) is 10.5 Å². The van der Waals surface area contributed by atoms with E-state index in [9.17, 15) is 10.5 Å². The highest BCUT2D eigenvalue weighted by Gasteiger charge is 2.35. The fourth-order valence-corrected chi connectivity index (χ4v) is 2.10. The van der Waals surface area contributed by atoms with Crippen LogP contribution in [0.2, 0.25) is 0 Å². The number of rotatable bonds is 5. The Hall–Kier alpha value is -2.83. The number of benzene rings is 1. The van der Waals surface area contributed by atoms with Gasteiger partial charge in [0.25, 0.3) is 0 Å². The first-order chi connectivity index (χ1) is 10.7. The first kappa shape index (κ1) is 15.6. The molecule has 112 valence electrons. The molecule has 1 heterocycles. The average molecular weight is 296 g/mol. The lowest BCUT2D eigenvalue weighted by Crippen LogP contribution is -2.31. The van der Waals surface area contributed by atoms with Crippen LogP contribution in [0, 0.1) is 28.6 Å². The van der Waals surface area contributed by atoms with Crippen LogP contribution in [0.3, 0.4) is 0 Å². The molecule has 0 radical (unpaired) electrons. The minimum Gasteiger partial charge on any atom is -0.497 e. The Morgan fingerprint density at radius 2 is 2.05 bits per heavy atom. The van der Waals surface area contributed by atoms with Crippen LogP contribution in [-0.2, 0) is 4.74 Å². The van der Waals surface area contributed by atoms with Crippen LogP contribution in [0.5, 0.6) is 5.75 Å². The zero-order valence-electron chi connectivity index (χ0n) is 12.4. The van der Waals surface area contributed by atoms with E-state index in [0.717, 1.165) is 11.3 Å². The van der Waals surface area contributed by atoms with Crippen LogP contribution in [0.4, 0.5) is 0 Å². The summed E-state index contributed by atoms with van der Waals surface area (Å²) in [5, 5.41) is 21.4. The van der Waals surface area contributed by atoms with E-state index in [1.54, 1.807) is 13.3 Å². The Bertz CT molecular complexity index is 665. The standard InChI is InChI=1S/C16H16N4O2/c1-3-22-16-14(9-18)13(8-17)15(20-16)19-10-11-4-6-12(21-2)7-5-11/h4-7,10,14,16,20H,3H2,1-2H3/t14-,16+/m1/s1. The van der Waals surface area contributed by atoms with E-state index in [-0.39, 0.29) is 0 Å². The highest BCUT2D eigenvalue weighted by Crippen LogP contribution is 2.26. The molecular formula is C16H16N4O2. The number of nitriles is 2. The highest BCUT2D eigenvalue weighted by atomic mass is 16.5. The molecule has 0 aliphatic carbocycles. The number of aliphatic imine (C=N–C) groups is 1. The molecule has 0 amide bonds. The van der Waals surface area contributed by atoms with E-state index in [4.69, 9.17) is 9.47 Å². The van der Waals surface area contributed by atoms with Crippen LogP contribution in [0.1, 0.15) is 12.5 Å². The fraction of sp³-hybridized carbons (Fsp3) is 0.312. The molecule has 0 aromatic heterocycles. The van der Waals surface area contributed by atoms with Gasteiger partial charge in [-0.25, -0.2) is 4.99 Å². The highest BCUT2D eigenvalue weighted by molar-refractivity contribution is 5.80. The van der Waals surface area contributed by atoms with E-state index in [2.05, 4.69) is 16.4 Å². The van der Waals surface area contributed by atoms with Gasteiger partial charge in [0.05, 0.1) is 18.8 Å². The van der Waals surface area contributed by atoms with Gasteiger partial charge in [0.15, 0.2) is 0 Å². The van der Waals surface area contributed by atoms with Gasteiger partial charge in [-0.3, -0.25) is 0 Å². The number of ether oxygens (including phenoxy) is 2. The van der Waals surface area contributed by atoms with Crippen LogP contribution < -0.4 is 10.1 Å². The molecule has 0 bridgehead atoms. The van der Waals surface area contributed by atoms with Gasteiger partial charge in [0.1, 0.15) is 29.8 Å². The fourth-order valence-electron chi connectivity index (χ4n) is 2.10. The van der Waals surface area contributed by atoms with E-state index in [1.807, 2.05) is 37.3 Å². The third-order valence-electron chi connectivity index (χ3n) is 3.21. The maximum Gasteiger partial charge on any atom is 0.149 e. The number of methoxy groups -OCH3 is 1. The molecule has 0 unspecified atom stereocenters. The van der Waals surface area contributed by atoms with Crippen molar-refractivity contribution in [2.45, 2.75) is 13.2 Å². The summed E-state index contributed by atoms with van der Waals surface area (Å²) < 4.78 is 10.5. The summed E-state index contributed by atoms with van der Waals surface area (Å²) in [5.74, 6) is 0.491. The number of hydrogen-bond acceptors (Lipinski definition) is 6. The van der Waals surface area contributed by atoms with Crippen molar-refractivity contribution >= 4 is 6.21 Å². The van der Waals surface area contributed by atoms with Gasteiger partial charge >= 0.3 is 0 Å².